The van der Waals surface area contributed by atoms with Gasteiger partial charge in [0, 0.05) is 24.5 Å². The summed E-state index contributed by atoms with van der Waals surface area (Å²) in [5.74, 6) is 0.589. The fraction of sp³-hybridized carbons (Fsp3) is 0.250. The summed E-state index contributed by atoms with van der Waals surface area (Å²) < 4.78 is 26.2. The molecule has 2 rings (SSSR count). The van der Waals surface area contributed by atoms with Crippen molar-refractivity contribution in [3.63, 3.8) is 0 Å². The number of benzene rings is 1. The number of hydrogen-bond acceptors (Lipinski definition) is 3. The van der Waals surface area contributed by atoms with Crippen LogP contribution in [0.5, 0.6) is 0 Å². The van der Waals surface area contributed by atoms with Gasteiger partial charge >= 0.3 is 0 Å². The molecule has 0 spiro atoms. The Morgan fingerprint density at radius 1 is 1.42 bits per heavy atom. The fourth-order valence-corrected chi connectivity index (χ4v) is 3.32. The van der Waals surface area contributed by atoms with Gasteiger partial charge in [-0.3, -0.25) is 0 Å². The van der Waals surface area contributed by atoms with Crippen molar-refractivity contribution in [3.05, 3.63) is 47.0 Å². The topological polar surface area (TPSA) is 66.1 Å². The van der Waals surface area contributed by atoms with Crippen molar-refractivity contribution in [3.8, 4) is 0 Å². The van der Waals surface area contributed by atoms with Crippen molar-refractivity contribution in [1.82, 2.24) is 14.3 Å². The van der Waals surface area contributed by atoms with Crippen LogP contribution in [0.25, 0.3) is 0 Å². The number of aromatic amines is 1. The minimum atomic E-state index is -3.58. The van der Waals surface area contributed by atoms with Crippen LogP contribution in [-0.4, -0.2) is 29.7 Å². The maximum atomic E-state index is 12.5. The van der Waals surface area contributed by atoms with Crippen LogP contribution < -0.4 is 0 Å². The normalized spacial score (nSPS) is 12.0. The molecule has 102 valence electrons. The van der Waals surface area contributed by atoms with E-state index >= 15 is 0 Å². The van der Waals surface area contributed by atoms with E-state index < -0.39 is 10.0 Å². The number of halogens is 1. The highest BCUT2D eigenvalue weighted by molar-refractivity contribution is 7.89. The fourth-order valence-electron chi connectivity index (χ4n) is 1.70. The predicted molar refractivity (Wildman–Crippen MR) is 73.4 cm³/mol. The molecule has 0 fully saturated rings. The molecule has 1 heterocycles. The van der Waals surface area contributed by atoms with Gasteiger partial charge in [0.25, 0.3) is 0 Å². The van der Waals surface area contributed by atoms with E-state index in [9.17, 15) is 8.42 Å². The number of H-pyrrole nitrogens is 1. The summed E-state index contributed by atoms with van der Waals surface area (Å²) in [5.41, 5.74) is 0.663. The van der Waals surface area contributed by atoms with Crippen LogP contribution >= 0.6 is 11.6 Å². The predicted octanol–water partition coefficient (Wildman–Crippen LogP) is 2.19. The van der Waals surface area contributed by atoms with Crippen molar-refractivity contribution in [2.24, 2.45) is 0 Å². The number of sulfonamides is 1. The molecule has 2 aromatic rings. The molecule has 0 saturated carbocycles. The van der Waals surface area contributed by atoms with E-state index in [0.29, 0.717) is 16.4 Å². The summed E-state index contributed by atoms with van der Waals surface area (Å²) in [6, 6.07) is 4.82. The van der Waals surface area contributed by atoms with E-state index in [-0.39, 0.29) is 11.4 Å². The van der Waals surface area contributed by atoms with Crippen molar-refractivity contribution in [2.45, 2.75) is 18.4 Å². The summed E-state index contributed by atoms with van der Waals surface area (Å²) in [6.45, 7) is 1.92. The Kier molecular flexibility index (Phi) is 3.93. The number of nitrogens with zero attached hydrogens (tertiary/aromatic N) is 2. The Balaban J connectivity index is 2.33. The van der Waals surface area contributed by atoms with Gasteiger partial charge in [-0.2, -0.15) is 4.31 Å². The minimum Gasteiger partial charge on any atom is -0.347 e. The summed E-state index contributed by atoms with van der Waals surface area (Å²) >= 11 is 5.87. The molecule has 19 heavy (non-hydrogen) atoms. The third-order valence-electron chi connectivity index (χ3n) is 2.77. The van der Waals surface area contributed by atoms with Gasteiger partial charge in [-0.25, -0.2) is 13.4 Å². The van der Waals surface area contributed by atoms with Crippen LogP contribution in [0.15, 0.2) is 35.5 Å². The molecule has 1 aromatic carbocycles. The molecule has 0 aliphatic rings. The Hall–Kier alpha value is -1.37. The number of aryl methyl sites for hydroxylation is 1. The molecule has 5 nitrogen and oxygen atoms in total. The Morgan fingerprint density at radius 2 is 2.16 bits per heavy atom. The lowest BCUT2D eigenvalue weighted by atomic mass is 10.2. The van der Waals surface area contributed by atoms with Crippen molar-refractivity contribution in [1.29, 1.82) is 0 Å². The second-order valence-electron chi connectivity index (χ2n) is 4.21. The zero-order valence-electron chi connectivity index (χ0n) is 10.6. The second kappa shape index (κ2) is 5.32. The maximum Gasteiger partial charge on any atom is 0.243 e. The number of rotatable bonds is 4. The molecular formula is C12H14ClN3O2S. The molecule has 0 atom stereocenters. The van der Waals surface area contributed by atoms with Gasteiger partial charge in [0.05, 0.1) is 11.4 Å². The number of hydrogen-bond donors (Lipinski definition) is 1. The highest BCUT2D eigenvalue weighted by Crippen LogP contribution is 2.23. The van der Waals surface area contributed by atoms with Gasteiger partial charge in [-0.1, -0.05) is 17.7 Å². The van der Waals surface area contributed by atoms with E-state index in [1.807, 2.05) is 0 Å². The van der Waals surface area contributed by atoms with Gasteiger partial charge in [0.1, 0.15) is 5.82 Å². The zero-order chi connectivity index (χ0) is 14.0. The molecule has 1 aromatic heterocycles. The molecule has 7 heteroatoms. The van der Waals surface area contributed by atoms with Crippen LogP contribution in [0.4, 0.5) is 0 Å². The quantitative estimate of drug-likeness (QED) is 0.941. The van der Waals surface area contributed by atoms with Crippen LogP contribution in [-0.2, 0) is 16.6 Å². The highest BCUT2D eigenvalue weighted by Gasteiger charge is 2.23. The second-order valence-corrected chi connectivity index (χ2v) is 6.66. The number of aromatic nitrogens is 2. The van der Waals surface area contributed by atoms with E-state index in [1.54, 1.807) is 31.5 Å². The standard InChI is InChI=1S/C12H14ClN3O2S/c1-9-3-4-10(13)7-11(9)19(17,18)16(2)8-12-14-5-6-15-12/h3-7H,8H2,1-2H3,(H,14,15). The molecule has 0 aliphatic heterocycles. The molecule has 0 bridgehead atoms. The molecule has 0 unspecified atom stereocenters. The average molecular weight is 300 g/mol. The summed E-state index contributed by atoms with van der Waals surface area (Å²) in [4.78, 5) is 7.11. The minimum absolute atomic E-state index is 0.182. The summed E-state index contributed by atoms with van der Waals surface area (Å²) in [6.07, 6.45) is 3.24. The monoisotopic (exact) mass is 299 g/mol. The third-order valence-corrected chi connectivity index (χ3v) is 4.95. The Bertz CT molecular complexity index is 668. The lowest BCUT2D eigenvalue weighted by molar-refractivity contribution is 0.457. The van der Waals surface area contributed by atoms with Crippen LogP contribution in [0, 0.1) is 6.92 Å². The van der Waals surface area contributed by atoms with Crippen molar-refractivity contribution < 1.29 is 8.42 Å². The van der Waals surface area contributed by atoms with Gasteiger partial charge in [-0.05, 0) is 24.6 Å². The highest BCUT2D eigenvalue weighted by atomic mass is 35.5. The van der Waals surface area contributed by atoms with Crippen LogP contribution in [0.1, 0.15) is 11.4 Å². The maximum absolute atomic E-state index is 12.5. The summed E-state index contributed by atoms with van der Waals surface area (Å²) in [7, 11) is -2.07. The Morgan fingerprint density at radius 3 is 2.79 bits per heavy atom. The van der Waals surface area contributed by atoms with Gasteiger partial charge in [-0.15, -0.1) is 0 Å². The van der Waals surface area contributed by atoms with E-state index in [1.165, 1.54) is 17.4 Å². The molecular weight excluding hydrogens is 286 g/mol. The zero-order valence-corrected chi connectivity index (χ0v) is 12.2. The lowest BCUT2D eigenvalue weighted by Crippen LogP contribution is -2.27. The van der Waals surface area contributed by atoms with Crippen LogP contribution in [0.2, 0.25) is 5.02 Å². The number of imidazole rings is 1. The largest absolute Gasteiger partial charge is 0.347 e. The third kappa shape index (κ3) is 2.97. The Labute approximate surface area is 117 Å². The first-order chi connectivity index (χ1) is 8.91. The van der Waals surface area contributed by atoms with Gasteiger partial charge < -0.3 is 4.98 Å². The molecule has 0 aliphatic carbocycles. The van der Waals surface area contributed by atoms with E-state index in [2.05, 4.69) is 9.97 Å². The molecule has 0 saturated heterocycles. The number of nitrogens with one attached hydrogen (secondary N) is 1. The molecule has 0 amide bonds. The van der Waals surface area contributed by atoms with Crippen molar-refractivity contribution >= 4 is 21.6 Å². The smallest absolute Gasteiger partial charge is 0.243 e. The first kappa shape index (κ1) is 14.0. The first-order valence-electron chi connectivity index (χ1n) is 5.62. The van der Waals surface area contributed by atoms with Crippen molar-refractivity contribution in [2.75, 3.05) is 7.05 Å². The molecule has 1 N–H and O–H groups in total. The lowest BCUT2D eigenvalue weighted by Gasteiger charge is -2.17. The first-order valence-corrected chi connectivity index (χ1v) is 7.44. The van der Waals surface area contributed by atoms with Gasteiger partial charge in [0.2, 0.25) is 10.0 Å². The SMILES string of the molecule is Cc1ccc(Cl)cc1S(=O)(=O)N(C)Cc1ncc[nH]1. The van der Waals surface area contributed by atoms with Crippen LogP contribution in [0.3, 0.4) is 0 Å². The van der Waals surface area contributed by atoms with E-state index in [4.69, 9.17) is 11.6 Å². The van der Waals surface area contributed by atoms with E-state index in [0.717, 1.165) is 0 Å². The molecule has 0 radical (unpaired) electrons. The van der Waals surface area contributed by atoms with Gasteiger partial charge in [0.15, 0.2) is 0 Å². The summed E-state index contributed by atoms with van der Waals surface area (Å²) in [5, 5.41) is 0.399. The average Bonchev–Trinajstić information content (AvgIpc) is 2.85.